The van der Waals surface area contributed by atoms with Crippen LogP contribution < -0.4 is 10.1 Å². The molecular formula is C27H33N5O5. The van der Waals surface area contributed by atoms with E-state index in [9.17, 15) is 9.59 Å². The molecule has 10 nitrogen and oxygen atoms in total. The fourth-order valence-corrected chi connectivity index (χ4v) is 4.57. The largest absolute Gasteiger partial charge is 0.476 e. The number of nitrogens with zero attached hydrogens (tertiary/aromatic N) is 4. The van der Waals surface area contributed by atoms with Gasteiger partial charge in [-0.1, -0.05) is 0 Å². The zero-order chi connectivity index (χ0) is 25.8. The normalized spacial score (nSPS) is 19.1. The fourth-order valence-electron chi connectivity index (χ4n) is 4.57. The van der Waals surface area contributed by atoms with Crippen LogP contribution in [0.1, 0.15) is 29.6 Å². The molecule has 10 heteroatoms. The zero-order valence-corrected chi connectivity index (χ0v) is 21.3. The molecule has 196 valence electrons. The van der Waals surface area contributed by atoms with Crippen molar-refractivity contribution in [3.05, 3.63) is 42.2 Å². The average Bonchev–Trinajstić information content (AvgIpc) is 3.68. The van der Waals surface area contributed by atoms with Crippen molar-refractivity contribution in [1.82, 2.24) is 19.5 Å². The fraction of sp³-hybridized carbons (Fsp3) is 0.481. The highest BCUT2D eigenvalue weighted by molar-refractivity contribution is 6.01. The third-order valence-electron chi connectivity index (χ3n) is 6.94. The predicted octanol–water partition coefficient (Wildman–Crippen LogP) is 2.71. The van der Waals surface area contributed by atoms with E-state index in [-0.39, 0.29) is 17.7 Å². The van der Waals surface area contributed by atoms with E-state index in [1.807, 2.05) is 31.4 Å². The molecule has 1 fully saturated rings. The Morgan fingerprint density at radius 3 is 2.95 bits per heavy atom. The molecule has 5 rings (SSSR count). The van der Waals surface area contributed by atoms with Crippen LogP contribution in [0.25, 0.3) is 16.8 Å². The standard InChI is InChI=1S/C27H33N5O5/c1-31-8-6-28-21-12-19(11-20(13-21)26(34)18-3-4-18)24-15-29-32-7-5-25(30-27(24)32)37-17-22(31)14-23(16-33)36-10-9-35-2/h5,7,11-13,15-16,18,22-23,28H,3-4,6,8-10,14,17H2,1-2H3/t22?,23-/m1/s1. The summed E-state index contributed by atoms with van der Waals surface area (Å²) in [5.41, 5.74) is 3.95. The molecule has 2 atom stereocenters. The van der Waals surface area contributed by atoms with Crippen molar-refractivity contribution in [2.45, 2.75) is 31.4 Å². The van der Waals surface area contributed by atoms with E-state index in [1.54, 1.807) is 23.9 Å². The maximum atomic E-state index is 13.0. The molecule has 0 spiro atoms. The molecule has 0 amide bonds. The van der Waals surface area contributed by atoms with Crippen LogP contribution in [0.4, 0.5) is 5.69 Å². The van der Waals surface area contributed by atoms with E-state index in [0.717, 1.165) is 35.9 Å². The van der Waals surface area contributed by atoms with Crippen LogP contribution in [0.15, 0.2) is 36.7 Å². The SMILES string of the molecule is COCCO[C@@H](C=O)CC1COc2ccn3ncc(c3n2)-c2cc(cc(C(=O)C3CC3)c2)NCCN1C. The summed E-state index contributed by atoms with van der Waals surface area (Å²) >= 11 is 0. The second kappa shape index (κ2) is 11.4. The molecule has 2 aliphatic rings. The highest BCUT2D eigenvalue weighted by Gasteiger charge is 2.31. The molecule has 1 aliphatic heterocycles. The van der Waals surface area contributed by atoms with Gasteiger partial charge >= 0.3 is 0 Å². The average molecular weight is 508 g/mol. The molecule has 37 heavy (non-hydrogen) atoms. The van der Waals surface area contributed by atoms with Crippen LogP contribution in [0.2, 0.25) is 0 Å². The molecule has 1 aromatic carbocycles. The summed E-state index contributed by atoms with van der Waals surface area (Å²) in [5, 5.41) is 7.94. The summed E-state index contributed by atoms with van der Waals surface area (Å²) in [5.74, 6) is 0.778. The first-order valence-electron chi connectivity index (χ1n) is 12.7. The Hall–Kier alpha value is -3.34. The number of anilines is 1. The minimum Gasteiger partial charge on any atom is -0.476 e. The first kappa shape index (κ1) is 25.3. The lowest BCUT2D eigenvalue weighted by atomic mass is 10.00. The van der Waals surface area contributed by atoms with Crippen molar-refractivity contribution in [1.29, 1.82) is 0 Å². The zero-order valence-electron chi connectivity index (χ0n) is 21.3. The molecule has 3 aromatic rings. The Kier molecular flexibility index (Phi) is 7.78. The molecule has 1 aliphatic carbocycles. The molecule has 0 saturated heterocycles. The molecule has 0 radical (unpaired) electrons. The number of carbonyl (C=O) groups is 2. The summed E-state index contributed by atoms with van der Waals surface area (Å²) in [6.45, 7) is 2.45. The first-order chi connectivity index (χ1) is 18.1. The van der Waals surface area contributed by atoms with Gasteiger partial charge in [-0.3, -0.25) is 9.69 Å². The monoisotopic (exact) mass is 507 g/mol. The lowest BCUT2D eigenvalue weighted by Gasteiger charge is -2.30. The van der Waals surface area contributed by atoms with Gasteiger partial charge in [-0.2, -0.15) is 10.1 Å². The predicted molar refractivity (Wildman–Crippen MR) is 138 cm³/mol. The third kappa shape index (κ3) is 5.98. The van der Waals surface area contributed by atoms with Gasteiger partial charge in [0.2, 0.25) is 5.88 Å². The van der Waals surface area contributed by atoms with E-state index in [1.165, 1.54) is 0 Å². The Balaban J connectivity index is 1.46. The van der Waals surface area contributed by atoms with Gasteiger partial charge in [0.05, 0.1) is 19.4 Å². The summed E-state index contributed by atoms with van der Waals surface area (Å²) in [6, 6.07) is 7.59. The van der Waals surface area contributed by atoms with Crippen molar-refractivity contribution < 1.29 is 23.8 Å². The van der Waals surface area contributed by atoms with E-state index in [0.29, 0.717) is 56.4 Å². The van der Waals surface area contributed by atoms with E-state index >= 15 is 0 Å². The van der Waals surface area contributed by atoms with Crippen LogP contribution in [0, 0.1) is 5.92 Å². The van der Waals surface area contributed by atoms with Crippen LogP contribution >= 0.6 is 0 Å². The molecule has 4 bridgehead atoms. The quantitative estimate of drug-likeness (QED) is 0.266. The smallest absolute Gasteiger partial charge is 0.216 e. The second-order valence-electron chi connectivity index (χ2n) is 9.68. The minimum atomic E-state index is -0.567. The van der Waals surface area contributed by atoms with Crippen molar-refractivity contribution in [2.75, 3.05) is 52.4 Å². The molecule has 1 saturated carbocycles. The number of aldehydes is 1. The number of rotatable bonds is 9. The summed E-state index contributed by atoms with van der Waals surface area (Å²) in [4.78, 5) is 31.6. The number of Topliss-reactive ketones (excluding diaryl/α,β-unsaturated/α-hetero) is 1. The number of fused-ring (bicyclic) bond motifs is 4. The number of ether oxygens (including phenoxy) is 3. The number of carbonyl (C=O) groups excluding carboxylic acids is 2. The number of benzene rings is 1. The lowest BCUT2D eigenvalue weighted by Crippen LogP contribution is -2.42. The van der Waals surface area contributed by atoms with Gasteiger partial charge in [0.15, 0.2) is 11.4 Å². The van der Waals surface area contributed by atoms with Crippen molar-refractivity contribution in [2.24, 2.45) is 5.92 Å². The van der Waals surface area contributed by atoms with Gasteiger partial charge in [-0.25, -0.2) is 4.52 Å². The van der Waals surface area contributed by atoms with E-state index in [4.69, 9.17) is 19.2 Å². The Labute approximate surface area is 215 Å². The van der Waals surface area contributed by atoms with Gasteiger partial charge in [-0.05, 0) is 50.1 Å². The number of methoxy groups -OCH3 is 1. The van der Waals surface area contributed by atoms with Crippen LogP contribution in [0.5, 0.6) is 5.88 Å². The van der Waals surface area contributed by atoms with Gasteiger partial charge < -0.3 is 24.3 Å². The Bertz CT molecular complexity index is 1260. The molecular weight excluding hydrogens is 474 g/mol. The van der Waals surface area contributed by atoms with E-state index in [2.05, 4.69) is 15.3 Å². The molecule has 3 heterocycles. The first-order valence-corrected chi connectivity index (χ1v) is 12.7. The minimum absolute atomic E-state index is 0.0942. The van der Waals surface area contributed by atoms with Gasteiger partial charge in [0, 0.05) is 61.2 Å². The molecule has 2 aromatic heterocycles. The highest BCUT2D eigenvalue weighted by atomic mass is 16.5. The number of hydrogen-bond donors (Lipinski definition) is 1. The van der Waals surface area contributed by atoms with Gasteiger partial charge in [0.1, 0.15) is 19.0 Å². The maximum Gasteiger partial charge on any atom is 0.216 e. The Morgan fingerprint density at radius 1 is 1.30 bits per heavy atom. The molecule has 1 unspecified atom stereocenters. The number of ketones is 1. The topological polar surface area (TPSA) is 107 Å². The van der Waals surface area contributed by atoms with Crippen LogP contribution in [-0.2, 0) is 14.3 Å². The van der Waals surface area contributed by atoms with Crippen molar-refractivity contribution >= 4 is 23.4 Å². The van der Waals surface area contributed by atoms with Crippen molar-refractivity contribution in [3.63, 3.8) is 0 Å². The maximum absolute atomic E-state index is 13.0. The second-order valence-corrected chi connectivity index (χ2v) is 9.68. The highest BCUT2D eigenvalue weighted by Crippen LogP contribution is 2.35. The summed E-state index contributed by atoms with van der Waals surface area (Å²) in [7, 11) is 3.60. The lowest BCUT2D eigenvalue weighted by molar-refractivity contribution is -0.120. The summed E-state index contributed by atoms with van der Waals surface area (Å²) in [6.07, 6.45) is 6.22. The summed E-state index contributed by atoms with van der Waals surface area (Å²) < 4.78 is 18.6. The van der Waals surface area contributed by atoms with Gasteiger partial charge in [-0.15, -0.1) is 0 Å². The van der Waals surface area contributed by atoms with E-state index < -0.39 is 6.10 Å². The number of nitrogens with one attached hydrogen (secondary N) is 1. The van der Waals surface area contributed by atoms with Gasteiger partial charge in [0.25, 0.3) is 0 Å². The number of hydrogen-bond acceptors (Lipinski definition) is 9. The number of likely N-dealkylation sites (N-methyl/N-ethyl adjacent to an activating group) is 1. The number of aromatic nitrogens is 3. The van der Waals surface area contributed by atoms with Crippen LogP contribution in [-0.4, -0.2) is 90.8 Å². The molecule has 1 N–H and O–H groups in total. The van der Waals surface area contributed by atoms with Crippen molar-refractivity contribution in [3.8, 4) is 17.0 Å². The Morgan fingerprint density at radius 2 is 2.16 bits per heavy atom. The van der Waals surface area contributed by atoms with Crippen LogP contribution in [0.3, 0.4) is 0 Å². The third-order valence-corrected chi connectivity index (χ3v) is 6.94.